The highest BCUT2D eigenvalue weighted by molar-refractivity contribution is 5.85. The number of hydrogen-bond acceptors (Lipinski definition) is 2. The summed E-state index contributed by atoms with van der Waals surface area (Å²) < 4.78 is 2.06. The Kier molecular flexibility index (Phi) is 4.25. The Balaban J connectivity index is 1.78. The first-order chi connectivity index (χ1) is 10.3. The zero-order chi connectivity index (χ0) is 14.7. The van der Waals surface area contributed by atoms with Crippen LogP contribution in [0.25, 0.3) is 10.9 Å². The molecule has 21 heavy (non-hydrogen) atoms. The molecule has 1 heterocycles. The lowest BCUT2D eigenvalue weighted by Crippen LogP contribution is -2.35. The molecule has 1 amide bonds. The molecule has 0 saturated heterocycles. The highest BCUT2D eigenvalue weighted by atomic mass is 16.2. The molecule has 1 saturated carbocycles. The number of benzene rings is 1. The van der Waals surface area contributed by atoms with Crippen LogP contribution in [0.2, 0.25) is 0 Å². The second-order valence-electron chi connectivity index (χ2n) is 5.88. The SMILES string of the molecule is CNCc1cccc2ccn(CC(=O)NC3CCCC3)c12. The third kappa shape index (κ3) is 3.10. The maximum Gasteiger partial charge on any atom is 0.240 e. The number of fused-ring (bicyclic) bond motifs is 1. The van der Waals surface area contributed by atoms with E-state index in [1.54, 1.807) is 0 Å². The minimum Gasteiger partial charge on any atom is -0.352 e. The van der Waals surface area contributed by atoms with Gasteiger partial charge in [-0.2, -0.15) is 0 Å². The van der Waals surface area contributed by atoms with Crippen LogP contribution in [-0.2, 0) is 17.9 Å². The van der Waals surface area contributed by atoms with Gasteiger partial charge in [0.1, 0.15) is 6.54 Å². The van der Waals surface area contributed by atoms with Crippen molar-refractivity contribution >= 4 is 16.8 Å². The van der Waals surface area contributed by atoms with E-state index in [0.29, 0.717) is 12.6 Å². The smallest absolute Gasteiger partial charge is 0.240 e. The molecule has 2 aromatic rings. The molecular formula is C17H23N3O. The predicted molar refractivity (Wildman–Crippen MR) is 85.1 cm³/mol. The van der Waals surface area contributed by atoms with Crippen LogP contribution in [0.3, 0.4) is 0 Å². The van der Waals surface area contributed by atoms with Crippen LogP contribution < -0.4 is 10.6 Å². The number of hydrogen-bond donors (Lipinski definition) is 2. The normalized spacial score (nSPS) is 15.7. The molecule has 2 N–H and O–H groups in total. The van der Waals surface area contributed by atoms with E-state index >= 15 is 0 Å². The first kappa shape index (κ1) is 14.1. The second kappa shape index (κ2) is 6.31. The molecule has 0 spiro atoms. The summed E-state index contributed by atoms with van der Waals surface area (Å²) in [4.78, 5) is 12.2. The van der Waals surface area contributed by atoms with Gasteiger partial charge < -0.3 is 15.2 Å². The number of aromatic nitrogens is 1. The summed E-state index contributed by atoms with van der Waals surface area (Å²) in [6.45, 7) is 1.21. The van der Waals surface area contributed by atoms with Gasteiger partial charge in [0.05, 0.1) is 5.52 Å². The first-order valence-corrected chi connectivity index (χ1v) is 7.78. The van der Waals surface area contributed by atoms with E-state index in [9.17, 15) is 4.79 Å². The minimum atomic E-state index is 0.124. The molecule has 1 aliphatic rings. The molecule has 1 aromatic carbocycles. The Morgan fingerprint density at radius 3 is 2.86 bits per heavy atom. The van der Waals surface area contributed by atoms with Crippen LogP contribution in [-0.4, -0.2) is 23.6 Å². The topological polar surface area (TPSA) is 46.1 Å². The number of amides is 1. The quantitative estimate of drug-likeness (QED) is 0.886. The standard InChI is InChI=1S/C17H23N3O/c1-18-11-14-6-4-5-13-9-10-20(17(13)14)12-16(21)19-15-7-2-3-8-15/h4-6,9-10,15,18H,2-3,7-8,11-12H2,1H3,(H,19,21). The fourth-order valence-corrected chi connectivity index (χ4v) is 3.30. The zero-order valence-electron chi connectivity index (χ0n) is 12.6. The monoisotopic (exact) mass is 285 g/mol. The predicted octanol–water partition coefficient (Wildman–Crippen LogP) is 2.42. The summed E-state index contributed by atoms with van der Waals surface area (Å²) in [6.07, 6.45) is 6.75. The van der Waals surface area contributed by atoms with Crippen molar-refractivity contribution in [2.75, 3.05) is 7.05 Å². The van der Waals surface area contributed by atoms with Gasteiger partial charge in [0.2, 0.25) is 5.91 Å². The van der Waals surface area contributed by atoms with Crippen molar-refractivity contribution in [2.45, 2.75) is 44.8 Å². The van der Waals surface area contributed by atoms with Gasteiger partial charge in [-0.25, -0.2) is 0 Å². The molecule has 0 bridgehead atoms. The van der Waals surface area contributed by atoms with Gasteiger partial charge in [0.15, 0.2) is 0 Å². The van der Waals surface area contributed by atoms with Crippen molar-refractivity contribution in [3.63, 3.8) is 0 Å². The number of nitrogens with zero attached hydrogens (tertiary/aromatic N) is 1. The van der Waals surface area contributed by atoms with Gasteiger partial charge in [-0.3, -0.25) is 4.79 Å². The van der Waals surface area contributed by atoms with Crippen LogP contribution in [0.5, 0.6) is 0 Å². The van der Waals surface area contributed by atoms with E-state index in [0.717, 1.165) is 24.9 Å². The van der Waals surface area contributed by atoms with Gasteiger partial charge in [0, 0.05) is 18.8 Å². The highest BCUT2D eigenvalue weighted by Crippen LogP contribution is 2.21. The van der Waals surface area contributed by atoms with Crippen LogP contribution >= 0.6 is 0 Å². The van der Waals surface area contributed by atoms with Crippen molar-refractivity contribution in [3.05, 3.63) is 36.0 Å². The summed E-state index contributed by atoms with van der Waals surface area (Å²) in [5.74, 6) is 0.124. The molecule has 0 radical (unpaired) electrons. The van der Waals surface area contributed by atoms with Crippen molar-refractivity contribution in [1.82, 2.24) is 15.2 Å². The molecule has 4 nitrogen and oxygen atoms in total. The summed E-state index contributed by atoms with van der Waals surface area (Å²) in [5.41, 5.74) is 2.39. The van der Waals surface area contributed by atoms with Gasteiger partial charge in [0.25, 0.3) is 0 Å². The molecule has 1 aromatic heterocycles. The fraction of sp³-hybridized carbons (Fsp3) is 0.471. The fourth-order valence-electron chi connectivity index (χ4n) is 3.30. The molecule has 4 heteroatoms. The Morgan fingerprint density at radius 1 is 1.29 bits per heavy atom. The lowest BCUT2D eigenvalue weighted by molar-refractivity contribution is -0.122. The minimum absolute atomic E-state index is 0.124. The molecule has 1 aliphatic carbocycles. The largest absolute Gasteiger partial charge is 0.352 e. The zero-order valence-corrected chi connectivity index (χ0v) is 12.6. The van der Waals surface area contributed by atoms with Gasteiger partial charge in [-0.05, 0) is 36.9 Å². The number of carbonyl (C=O) groups is 1. The molecule has 1 fully saturated rings. The van der Waals surface area contributed by atoms with Crippen LogP contribution in [0, 0.1) is 0 Å². The second-order valence-corrected chi connectivity index (χ2v) is 5.88. The van der Waals surface area contributed by atoms with E-state index < -0.39 is 0 Å². The van der Waals surface area contributed by atoms with Gasteiger partial charge >= 0.3 is 0 Å². The van der Waals surface area contributed by atoms with Crippen molar-refractivity contribution in [1.29, 1.82) is 0 Å². The van der Waals surface area contributed by atoms with E-state index in [1.807, 2.05) is 13.2 Å². The number of para-hydroxylation sites is 1. The third-order valence-electron chi connectivity index (χ3n) is 4.27. The van der Waals surface area contributed by atoms with E-state index in [1.165, 1.54) is 23.8 Å². The number of rotatable bonds is 5. The van der Waals surface area contributed by atoms with Crippen LogP contribution in [0.1, 0.15) is 31.2 Å². The lowest BCUT2D eigenvalue weighted by Gasteiger charge is -2.14. The number of nitrogens with one attached hydrogen (secondary N) is 2. The molecular weight excluding hydrogens is 262 g/mol. The summed E-state index contributed by atoms with van der Waals surface area (Å²) in [7, 11) is 1.94. The summed E-state index contributed by atoms with van der Waals surface area (Å²) in [5, 5.41) is 7.54. The van der Waals surface area contributed by atoms with Gasteiger partial charge in [-0.1, -0.05) is 31.0 Å². The van der Waals surface area contributed by atoms with Crippen LogP contribution in [0.15, 0.2) is 30.5 Å². The maximum absolute atomic E-state index is 12.2. The first-order valence-electron chi connectivity index (χ1n) is 7.78. The summed E-state index contributed by atoms with van der Waals surface area (Å²) >= 11 is 0. The van der Waals surface area contributed by atoms with E-state index in [2.05, 4.69) is 39.5 Å². The van der Waals surface area contributed by atoms with Crippen molar-refractivity contribution < 1.29 is 4.79 Å². The molecule has 0 unspecified atom stereocenters. The Morgan fingerprint density at radius 2 is 2.10 bits per heavy atom. The molecule has 0 aliphatic heterocycles. The Bertz CT molecular complexity index is 626. The summed E-state index contributed by atoms with van der Waals surface area (Å²) in [6, 6.07) is 8.75. The molecule has 0 atom stereocenters. The van der Waals surface area contributed by atoms with Gasteiger partial charge in [-0.15, -0.1) is 0 Å². The Labute approximate surface area is 125 Å². The van der Waals surface area contributed by atoms with E-state index in [4.69, 9.17) is 0 Å². The average Bonchev–Trinajstić information content (AvgIpc) is 3.10. The molecule has 3 rings (SSSR count). The molecule has 112 valence electrons. The van der Waals surface area contributed by atoms with Crippen molar-refractivity contribution in [2.24, 2.45) is 0 Å². The third-order valence-corrected chi connectivity index (χ3v) is 4.27. The Hall–Kier alpha value is -1.81. The number of carbonyl (C=O) groups excluding carboxylic acids is 1. The average molecular weight is 285 g/mol. The maximum atomic E-state index is 12.2. The van der Waals surface area contributed by atoms with E-state index in [-0.39, 0.29) is 5.91 Å². The highest BCUT2D eigenvalue weighted by Gasteiger charge is 2.17. The van der Waals surface area contributed by atoms with Crippen molar-refractivity contribution in [3.8, 4) is 0 Å². The lowest BCUT2D eigenvalue weighted by atomic mass is 10.1. The van der Waals surface area contributed by atoms with Crippen LogP contribution in [0.4, 0.5) is 0 Å².